The van der Waals surface area contributed by atoms with Gasteiger partial charge in [-0.3, -0.25) is 10.1 Å². The van der Waals surface area contributed by atoms with E-state index in [-0.39, 0.29) is 12.0 Å². The van der Waals surface area contributed by atoms with Crippen LogP contribution in [0, 0.1) is 0 Å². The number of imidazole rings is 1. The summed E-state index contributed by atoms with van der Waals surface area (Å²) in [6.45, 7) is 5.26. The monoisotopic (exact) mass is 211 g/mol. The number of nitrogens with one attached hydrogen (secondary N) is 1. The predicted molar refractivity (Wildman–Crippen MR) is 56.2 cm³/mol. The van der Waals surface area contributed by atoms with Crippen molar-refractivity contribution in [2.24, 2.45) is 0 Å². The Kier molecular flexibility index (Phi) is 4.30. The smallest absolute Gasteiger partial charge is 0.322 e. The number of rotatable bonds is 5. The molecular weight excluding hydrogens is 194 g/mol. The molecule has 0 unspecified atom stereocenters. The van der Waals surface area contributed by atoms with Gasteiger partial charge in [0.2, 0.25) is 0 Å². The van der Waals surface area contributed by atoms with E-state index < -0.39 is 0 Å². The molecule has 0 spiro atoms. The lowest BCUT2D eigenvalue weighted by Crippen LogP contribution is -2.35. The molecule has 15 heavy (non-hydrogen) atoms. The summed E-state index contributed by atoms with van der Waals surface area (Å²) in [4.78, 5) is 15.3. The van der Waals surface area contributed by atoms with Crippen LogP contribution in [0.1, 0.15) is 19.7 Å². The Bertz CT molecular complexity index is 322. The molecule has 0 fully saturated rings. The molecule has 0 amide bonds. The fourth-order valence-corrected chi connectivity index (χ4v) is 1.30. The molecule has 5 nitrogen and oxygen atoms in total. The normalized spacial score (nSPS) is 12.5. The zero-order valence-corrected chi connectivity index (χ0v) is 9.36. The van der Waals surface area contributed by atoms with Crippen LogP contribution < -0.4 is 5.32 Å². The fraction of sp³-hybridized carbons (Fsp3) is 0.600. The number of carbonyl (C=O) groups excluding carboxylic acids is 1. The van der Waals surface area contributed by atoms with Gasteiger partial charge in [0, 0.05) is 18.9 Å². The molecule has 1 rings (SSSR count). The number of hydrogen-bond donors (Lipinski definition) is 1. The molecule has 1 N–H and O–H groups in total. The minimum absolute atomic E-state index is 0.260. The van der Waals surface area contributed by atoms with Gasteiger partial charge < -0.3 is 9.30 Å². The molecule has 1 aromatic heterocycles. The maximum absolute atomic E-state index is 11.1. The molecule has 0 saturated carbocycles. The van der Waals surface area contributed by atoms with E-state index in [1.54, 1.807) is 13.1 Å². The van der Waals surface area contributed by atoms with E-state index in [9.17, 15) is 4.79 Å². The molecule has 0 aliphatic heterocycles. The highest BCUT2D eigenvalue weighted by Crippen LogP contribution is 1.97. The van der Waals surface area contributed by atoms with E-state index in [2.05, 4.69) is 22.0 Å². The number of carbonyl (C=O) groups is 1. The van der Waals surface area contributed by atoms with Crippen molar-refractivity contribution in [1.29, 1.82) is 0 Å². The first-order valence-electron chi connectivity index (χ1n) is 5.00. The number of esters is 1. The molecule has 1 heterocycles. The Labute approximate surface area is 89.4 Å². The Morgan fingerprint density at radius 1 is 1.73 bits per heavy atom. The number of hydrogen-bond acceptors (Lipinski definition) is 4. The zero-order valence-electron chi connectivity index (χ0n) is 9.36. The van der Waals surface area contributed by atoms with Crippen molar-refractivity contribution < 1.29 is 9.53 Å². The molecule has 0 radical (unpaired) electrons. The van der Waals surface area contributed by atoms with E-state index in [1.807, 2.05) is 10.8 Å². The van der Waals surface area contributed by atoms with Crippen LogP contribution in [0.2, 0.25) is 0 Å². The van der Waals surface area contributed by atoms with E-state index in [1.165, 1.54) is 7.11 Å². The lowest BCUT2D eigenvalue weighted by molar-refractivity contribution is -0.142. The maximum Gasteiger partial charge on any atom is 0.322 e. The number of nitrogens with zero attached hydrogens (tertiary/aromatic N) is 2. The first-order valence-corrected chi connectivity index (χ1v) is 5.00. The van der Waals surface area contributed by atoms with Gasteiger partial charge in [0.1, 0.15) is 11.9 Å². The van der Waals surface area contributed by atoms with E-state index in [4.69, 9.17) is 0 Å². The molecule has 5 heteroatoms. The van der Waals surface area contributed by atoms with Gasteiger partial charge in [0.15, 0.2) is 0 Å². The third-order valence-corrected chi connectivity index (χ3v) is 2.26. The van der Waals surface area contributed by atoms with Gasteiger partial charge in [-0.05, 0) is 13.8 Å². The van der Waals surface area contributed by atoms with Gasteiger partial charge in [-0.15, -0.1) is 0 Å². The number of methoxy groups -OCH3 is 1. The molecule has 0 aliphatic carbocycles. The summed E-state index contributed by atoms with van der Waals surface area (Å²) < 4.78 is 6.63. The fourth-order valence-electron chi connectivity index (χ4n) is 1.30. The van der Waals surface area contributed by atoms with Crippen molar-refractivity contribution in [3.05, 3.63) is 18.2 Å². The highest BCUT2D eigenvalue weighted by molar-refractivity contribution is 5.74. The van der Waals surface area contributed by atoms with Crippen molar-refractivity contribution in [1.82, 2.24) is 14.9 Å². The standard InChI is InChI=1S/C10H17N3O2/c1-4-13-6-5-11-9(13)7-12-8(2)10(14)15-3/h5-6,8,12H,4,7H2,1-3H3/t8-/m0/s1. The van der Waals surface area contributed by atoms with Crippen molar-refractivity contribution in [3.63, 3.8) is 0 Å². The Morgan fingerprint density at radius 3 is 3.07 bits per heavy atom. The highest BCUT2D eigenvalue weighted by Gasteiger charge is 2.12. The Morgan fingerprint density at radius 2 is 2.47 bits per heavy atom. The second-order valence-corrected chi connectivity index (χ2v) is 3.26. The number of ether oxygens (including phenoxy) is 1. The Balaban J connectivity index is 2.46. The topological polar surface area (TPSA) is 56.2 Å². The summed E-state index contributed by atoms with van der Waals surface area (Å²) in [7, 11) is 1.38. The molecule has 0 aromatic carbocycles. The molecule has 1 atom stereocenters. The summed E-state index contributed by atoms with van der Waals surface area (Å²) in [5.74, 6) is 0.665. The Hall–Kier alpha value is -1.36. The largest absolute Gasteiger partial charge is 0.468 e. The van der Waals surface area contributed by atoms with Crippen molar-refractivity contribution >= 4 is 5.97 Å². The first-order chi connectivity index (χ1) is 7.19. The third kappa shape index (κ3) is 3.06. The lowest BCUT2D eigenvalue weighted by atomic mass is 10.3. The van der Waals surface area contributed by atoms with Gasteiger partial charge >= 0.3 is 5.97 Å². The average molecular weight is 211 g/mol. The van der Waals surface area contributed by atoms with Crippen LogP contribution in [-0.2, 0) is 22.6 Å². The molecule has 1 aromatic rings. The molecule has 0 bridgehead atoms. The lowest BCUT2D eigenvalue weighted by Gasteiger charge is -2.11. The van der Waals surface area contributed by atoms with Crippen LogP contribution in [0.3, 0.4) is 0 Å². The van der Waals surface area contributed by atoms with E-state index in [0.717, 1.165) is 12.4 Å². The van der Waals surface area contributed by atoms with Crippen LogP contribution in [-0.4, -0.2) is 28.7 Å². The van der Waals surface area contributed by atoms with Crippen LogP contribution in [0.15, 0.2) is 12.4 Å². The van der Waals surface area contributed by atoms with Crippen molar-refractivity contribution in [3.8, 4) is 0 Å². The van der Waals surface area contributed by atoms with Crippen LogP contribution in [0.5, 0.6) is 0 Å². The van der Waals surface area contributed by atoms with Gasteiger partial charge in [-0.1, -0.05) is 0 Å². The molecular formula is C10H17N3O2. The van der Waals surface area contributed by atoms with Gasteiger partial charge in [-0.2, -0.15) is 0 Å². The summed E-state index contributed by atoms with van der Waals surface area (Å²) in [6, 6.07) is -0.308. The van der Waals surface area contributed by atoms with E-state index >= 15 is 0 Å². The molecule has 0 saturated heterocycles. The minimum Gasteiger partial charge on any atom is -0.468 e. The maximum atomic E-state index is 11.1. The highest BCUT2D eigenvalue weighted by atomic mass is 16.5. The second-order valence-electron chi connectivity index (χ2n) is 3.26. The summed E-state index contributed by atoms with van der Waals surface area (Å²) in [5.41, 5.74) is 0. The third-order valence-electron chi connectivity index (χ3n) is 2.26. The summed E-state index contributed by atoms with van der Waals surface area (Å²) >= 11 is 0. The molecule has 0 aliphatic rings. The van der Waals surface area contributed by atoms with Gasteiger partial charge in [-0.25, -0.2) is 4.98 Å². The summed E-state index contributed by atoms with van der Waals surface area (Å²) in [6.07, 6.45) is 3.67. The zero-order chi connectivity index (χ0) is 11.3. The van der Waals surface area contributed by atoms with Gasteiger partial charge in [0.05, 0.1) is 13.7 Å². The first kappa shape index (κ1) is 11.7. The second kappa shape index (κ2) is 5.50. The predicted octanol–water partition coefficient (Wildman–Crippen LogP) is 0.554. The minimum atomic E-state index is -0.308. The van der Waals surface area contributed by atoms with Gasteiger partial charge in [0.25, 0.3) is 0 Å². The average Bonchev–Trinajstić information content (AvgIpc) is 2.71. The number of aryl methyl sites for hydroxylation is 1. The van der Waals surface area contributed by atoms with Crippen molar-refractivity contribution in [2.45, 2.75) is 33.0 Å². The SMILES string of the molecule is CCn1ccnc1CN[C@@H](C)C(=O)OC. The van der Waals surface area contributed by atoms with Crippen LogP contribution in [0.4, 0.5) is 0 Å². The van der Waals surface area contributed by atoms with Crippen molar-refractivity contribution in [2.75, 3.05) is 7.11 Å². The van der Waals surface area contributed by atoms with Crippen LogP contribution >= 0.6 is 0 Å². The number of aromatic nitrogens is 2. The summed E-state index contributed by atoms with van der Waals surface area (Å²) in [5, 5.41) is 3.05. The van der Waals surface area contributed by atoms with E-state index in [0.29, 0.717) is 6.54 Å². The van der Waals surface area contributed by atoms with Crippen LogP contribution in [0.25, 0.3) is 0 Å². The quantitative estimate of drug-likeness (QED) is 0.723. The molecule has 84 valence electrons.